The highest BCUT2D eigenvalue weighted by Gasteiger charge is 2.18. The van der Waals surface area contributed by atoms with Crippen LogP contribution in [0.1, 0.15) is 57.0 Å². The second-order valence-corrected chi connectivity index (χ2v) is 8.13. The summed E-state index contributed by atoms with van der Waals surface area (Å²) in [5, 5.41) is 2.64. The average molecular weight is 411 g/mol. The number of Topliss-reactive ketones (excluding diaryl/α,β-unsaturated/α-hetero) is 1. The summed E-state index contributed by atoms with van der Waals surface area (Å²) in [5.41, 5.74) is 2.22. The molecule has 2 aromatic rings. The maximum atomic E-state index is 12.2. The van der Waals surface area contributed by atoms with Crippen LogP contribution in [0.15, 0.2) is 48.5 Å². The van der Waals surface area contributed by atoms with Crippen LogP contribution in [0.2, 0.25) is 0 Å². The van der Waals surface area contributed by atoms with E-state index < -0.39 is 18.0 Å². The first-order valence-electron chi connectivity index (χ1n) is 9.91. The monoisotopic (exact) mass is 411 g/mol. The molecule has 0 fully saturated rings. The third-order valence-electron chi connectivity index (χ3n) is 4.51. The number of nitrogens with one attached hydrogen (secondary N) is 1. The Morgan fingerprint density at radius 1 is 1.03 bits per heavy atom. The zero-order valence-corrected chi connectivity index (χ0v) is 18.2. The number of hydrogen-bond acceptors (Lipinski definition) is 5. The predicted octanol–water partition coefficient (Wildman–Crippen LogP) is 4.53. The first-order chi connectivity index (χ1) is 14.1. The number of benzene rings is 2. The van der Waals surface area contributed by atoms with Crippen molar-refractivity contribution in [2.45, 2.75) is 52.6 Å². The van der Waals surface area contributed by atoms with E-state index in [1.807, 2.05) is 24.3 Å². The lowest BCUT2D eigenvalue weighted by atomic mass is 9.87. The normalized spacial score (nSPS) is 12.0. The van der Waals surface area contributed by atoms with Crippen LogP contribution < -0.4 is 10.1 Å². The molecular weight excluding hydrogens is 382 g/mol. The number of esters is 1. The van der Waals surface area contributed by atoms with Crippen molar-refractivity contribution < 1.29 is 23.9 Å². The van der Waals surface area contributed by atoms with Crippen molar-refractivity contribution in [3.8, 4) is 5.75 Å². The molecule has 0 aliphatic carbocycles. The summed E-state index contributed by atoms with van der Waals surface area (Å²) < 4.78 is 10.8. The third-order valence-corrected chi connectivity index (χ3v) is 4.51. The molecule has 0 spiro atoms. The van der Waals surface area contributed by atoms with Gasteiger partial charge in [0.05, 0.1) is 13.0 Å². The molecule has 1 atom stereocenters. The fraction of sp³-hybridized carbons (Fsp3) is 0.375. The van der Waals surface area contributed by atoms with Gasteiger partial charge >= 0.3 is 5.97 Å². The van der Waals surface area contributed by atoms with E-state index in [1.54, 1.807) is 24.3 Å². The number of anilines is 1. The lowest BCUT2D eigenvalue weighted by Crippen LogP contribution is -2.30. The molecule has 0 aliphatic rings. The molecule has 160 valence electrons. The first kappa shape index (κ1) is 23.1. The van der Waals surface area contributed by atoms with Gasteiger partial charge in [0.1, 0.15) is 5.75 Å². The van der Waals surface area contributed by atoms with Crippen molar-refractivity contribution in [2.24, 2.45) is 0 Å². The van der Waals surface area contributed by atoms with Crippen LogP contribution >= 0.6 is 0 Å². The number of ether oxygens (including phenoxy) is 2. The fourth-order valence-electron chi connectivity index (χ4n) is 2.67. The van der Waals surface area contributed by atoms with Gasteiger partial charge in [0, 0.05) is 11.3 Å². The number of hydrogen-bond donors (Lipinski definition) is 1. The molecule has 30 heavy (non-hydrogen) atoms. The lowest BCUT2D eigenvalue weighted by molar-refractivity contribution is -0.153. The SMILES string of the molecule is CC(=O)c1cccc(NC(=O)[C@H](C)OC(=O)CCOc2ccc(C(C)(C)C)cc2)c1. The molecule has 0 saturated heterocycles. The third kappa shape index (κ3) is 7.03. The summed E-state index contributed by atoms with van der Waals surface area (Å²) in [6.07, 6.45) is -0.942. The van der Waals surface area contributed by atoms with Gasteiger partial charge in [-0.15, -0.1) is 0 Å². The molecule has 1 N–H and O–H groups in total. The largest absolute Gasteiger partial charge is 0.493 e. The Kier molecular flexibility index (Phi) is 7.75. The Labute approximate surface area is 177 Å². The van der Waals surface area contributed by atoms with Crippen LogP contribution in [0, 0.1) is 0 Å². The zero-order valence-electron chi connectivity index (χ0n) is 18.2. The Morgan fingerprint density at radius 3 is 2.30 bits per heavy atom. The van der Waals surface area contributed by atoms with Gasteiger partial charge in [-0.3, -0.25) is 14.4 Å². The molecule has 0 bridgehead atoms. The Balaban J connectivity index is 1.78. The van der Waals surface area contributed by atoms with Crippen LogP contribution in [0.25, 0.3) is 0 Å². The van der Waals surface area contributed by atoms with Gasteiger partial charge in [-0.2, -0.15) is 0 Å². The van der Waals surface area contributed by atoms with E-state index in [4.69, 9.17) is 9.47 Å². The Hall–Kier alpha value is -3.15. The predicted molar refractivity (Wildman–Crippen MR) is 116 cm³/mol. The van der Waals surface area contributed by atoms with Gasteiger partial charge in [0.2, 0.25) is 0 Å². The van der Waals surface area contributed by atoms with E-state index in [9.17, 15) is 14.4 Å². The standard InChI is InChI=1S/C24H29NO5/c1-16(26)18-7-6-8-20(15-18)25-23(28)17(2)30-22(27)13-14-29-21-11-9-19(10-12-21)24(3,4)5/h6-12,15,17H,13-14H2,1-5H3,(H,25,28)/t17-/m0/s1. The van der Waals surface area contributed by atoms with Crippen LogP contribution in [-0.4, -0.2) is 30.4 Å². The van der Waals surface area contributed by atoms with Crippen LogP contribution in [0.4, 0.5) is 5.69 Å². The number of carbonyl (C=O) groups is 3. The highest BCUT2D eigenvalue weighted by molar-refractivity contribution is 5.98. The molecule has 0 radical (unpaired) electrons. The summed E-state index contributed by atoms with van der Waals surface area (Å²) in [5.74, 6) is -0.422. The smallest absolute Gasteiger partial charge is 0.310 e. The topological polar surface area (TPSA) is 81.7 Å². The molecule has 1 amide bonds. The van der Waals surface area contributed by atoms with Gasteiger partial charge in [0.15, 0.2) is 11.9 Å². The van der Waals surface area contributed by atoms with Crippen molar-refractivity contribution >= 4 is 23.3 Å². The highest BCUT2D eigenvalue weighted by Crippen LogP contribution is 2.24. The number of amides is 1. The van der Waals surface area contributed by atoms with E-state index in [0.717, 1.165) is 0 Å². The van der Waals surface area contributed by atoms with E-state index >= 15 is 0 Å². The van der Waals surface area contributed by atoms with Crippen LogP contribution in [0.3, 0.4) is 0 Å². The van der Waals surface area contributed by atoms with Crippen molar-refractivity contribution in [1.82, 2.24) is 0 Å². The zero-order chi connectivity index (χ0) is 22.3. The highest BCUT2D eigenvalue weighted by atomic mass is 16.5. The second kappa shape index (κ2) is 10.1. The van der Waals surface area contributed by atoms with Gasteiger partial charge in [-0.25, -0.2) is 0 Å². The maximum absolute atomic E-state index is 12.2. The molecular formula is C24H29NO5. The second-order valence-electron chi connectivity index (χ2n) is 8.13. The van der Waals surface area contributed by atoms with E-state index in [2.05, 4.69) is 26.1 Å². The van der Waals surface area contributed by atoms with E-state index in [0.29, 0.717) is 17.0 Å². The van der Waals surface area contributed by atoms with Crippen molar-refractivity contribution in [1.29, 1.82) is 0 Å². The summed E-state index contributed by atoms with van der Waals surface area (Å²) in [6.45, 7) is 9.51. The van der Waals surface area contributed by atoms with E-state index in [1.165, 1.54) is 19.4 Å². The van der Waals surface area contributed by atoms with E-state index in [-0.39, 0.29) is 24.2 Å². The van der Waals surface area contributed by atoms with Crippen LogP contribution in [0.5, 0.6) is 5.75 Å². The number of ketones is 1. The number of carbonyl (C=O) groups excluding carboxylic acids is 3. The lowest BCUT2D eigenvalue weighted by Gasteiger charge is -2.19. The molecule has 2 rings (SSSR count). The first-order valence-corrected chi connectivity index (χ1v) is 9.91. The van der Waals surface area contributed by atoms with Gasteiger partial charge in [-0.1, -0.05) is 45.0 Å². The minimum Gasteiger partial charge on any atom is -0.493 e. The van der Waals surface area contributed by atoms with Crippen molar-refractivity contribution in [3.05, 3.63) is 59.7 Å². The molecule has 0 saturated carbocycles. The molecule has 0 heterocycles. The molecule has 2 aromatic carbocycles. The van der Waals surface area contributed by atoms with Gasteiger partial charge < -0.3 is 14.8 Å². The molecule has 6 heteroatoms. The summed E-state index contributed by atoms with van der Waals surface area (Å²) in [7, 11) is 0. The summed E-state index contributed by atoms with van der Waals surface area (Å²) in [4.78, 5) is 35.7. The maximum Gasteiger partial charge on any atom is 0.310 e. The van der Waals surface area contributed by atoms with Crippen molar-refractivity contribution in [3.63, 3.8) is 0 Å². The Bertz CT molecular complexity index is 897. The minimum atomic E-state index is -0.968. The van der Waals surface area contributed by atoms with Gasteiger partial charge in [0.25, 0.3) is 5.91 Å². The van der Waals surface area contributed by atoms with Gasteiger partial charge in [-0.05, 0) is 49.1 Å². The molecule has 0 unspecified atom stereocenters. The minimum absolute atomic E-state index is 0.0263. The van der Waals surface area contributed by atoms with Crippen LogP contribution in [-0.2, 0) is 19.7 Å². The number of rotatable bonds is 8. The summed E-state index contributed by atoms with van der Waals surface area (Å²) in [6, 6.07) is 14.3. The molecule has 6 nitrogen and oxygen atoms in total. The summed E-state index contributed by atoms with van der Waals surface area (Å²) >= 11 is 0. The Morgan fingerprint density at radius 2 is 1.70 bits per heavy atom. The average Bonchev–Trinajstić information content (AvgIpc) is 2.67. The quantitative estimate of drug-likeness (QED) is 0.510. The van der Waals surface area contributed by atoms with Crippen molar-refractivity contribution in [2.75, 3.05) is 11.9 Å². The fourth-order valence-corrected chi connectivity index (χ4v) is 2.67. The molecule has 0 aliphatic heterocycles. The molecule has 0 aromatic heterocycles.